The molecule has 0 unspecified atom stereocenters. The van der Waals surface area contributed by atoms with Crippen molar-refractivity contribution in [3.05, 3.63) is 72.4 Å². The SMILES string of the molecule is CC(C)(C)OC(=O)NCCCN(CCNC(=O)OC(C)(C)C)C(=O)C[C@H](NC(=O)OC(C)(C)C)C(=O)N[C@@H](CCc1ccccc1)C(=O)Nc1cnc2ccccc2c1. The number of carbonyl (C=O) groups excluding carboxylic acids is 6. The lowest BCUT2D eigenvalue weighted by Crippen LogP contribution is -2.55. The molecule has 2 aromatic carbocycles. The number of alkyl carbamates (subject to hydrolysis) is 3. The molecule has 0 aliphatic heterocycles. The van der Waals surface area contributed by atoms with Gasteiger partial charge in [0.2, 0.25) is 17.7 Å². The number of para-hydroxylation sites is 1. The number of aromatic nitrogens is 1. The van der Waals surface area contributed by atoms with E-state index in [4.69, 9.17) is 14.2 Å². The summed E-state index contributed by atoms with van der Waals surface area (Å²) in [7, 11) is 0. The van der Waals surface area contributed by atoms with Crippen molar-refractivity contribution in [3.63, 3.8) is 0 Å². The molecule has 16 heteroatoms. The van der Waals surface area contributed by atoms with Gasteiger partial charge in [-0.25, -0.2) is 14.4 Å². The fourth-order valence-electron chi connectivity index (χ4n) is 5.57. The molecule has 0 saturated carbocycles. The van der Waals surface area contributed by atoms with Crippen molar-refractivity contribution in [2.75, 3.05) is 31.5 Å². The summed E-state index contributed by atoms with van der Waals surface area (Å²) in [6, 6.07) is 16.1. The first-order chi connectivity index (χ1) is 27.6. The molecule has 6 amide bonds. The molecule has 0 aliphatic rings. The third-order valence-corrected chi connectivity index (χ3v) is 8.12. The monoisotopic (exact) mass is 819 g/mol. The van der Waals surface area contributed by atoms with Crippen LogP contribution in [0.2, 0.25) is 0 Å². The Morgan fingerprint density at radius 1 is 0.661 bits per heavy atom. The van der Waals surface area contributed by atoms with Gasteiger partial charge in [0, 0.05) is 31.6 Å². The van der Waals surface area contributed by atoms with Crippen LogP contribution in [0.15, 0.2) is 66.9 Å². The van der Waals surface area contributed by atoms with Gasteiger partial charge in [0.15, 0.2) is 0 Å². The van der Waals surface area contributed by atoms with E-state index < -0.39 is 71.3 Å². The minimum atomic E-state index is -1.48. The standard InChI is InChI=1S/C43H61N7O9/c1-41(2,3)57-38(54)44-22-15-24-50(25-23-45-39(55)58-42(4,5)6)35(51)27-34(49-40(56)59-43(7,8)9)37(53)48-33(21-20-29-16-11-10-12-17-29)36(52)47-31-26-30-18-13-14-19-32(30)46-28-31/h10-14,16-19,26,28,33-34H,15,20-25,27H2,1-9H3,(H,44,54)(H,45,55)(H,47,52)(H,48,53)(H,49,56)/t33-,34-/m0/s1. The largest absolute Gasteiger partial charge is 0.444 e. The fourth-order valence-corrected chi connectivity index (χ4v) is 5.57. The van der Waals surface area contributed by atoms with Gasteiger partial charge in [0.05, 0.1) is 23.8 Å². The van der Waals surface area contributed by atoms with Crippen LogP contribution in [-0.2, 0) is 35.0 Å². The van der Waals surface area contributed by atoms with Crippen LogP contribution in [0, 0.1) is 0 Å². The third-order valence-electron chi connectivity index (χ3n) is 8.12. The molecule has 1 heterocycles. The predicted molar refractivity (Wildman–Crippen MR) is 225 cm³/mol. The topological polar surface area (TPSA) is 206 Å². The van der Waals surface area contributed by atoms with Crippen molar-refractivity contribution < 1.29 is 43.0 Å². The molecule has 3 rings (SSSR count). The lowest BCUT2D eigenvalue weighted by atomic mass is 10.0. The second-order valence-electron chi connectivity index (χ2n) is 17.0. The highest BCUT2D eigenvalue weighted by atomic mass is 16.6. The van der Waals surface area contributed by atoms with Crippen molar-refractivity contribution in [2.24, 2.45) is 0 Å². The first-order valence-corrected chi connectivity index (χ1v) is 19.8. The van der Waals surface area contributed by atoms with Gasteiger partial charge in [-0.15, -0.1) is 0 Å². The summed E-state index contributed by atoms with van der Waals surface area (Å²) in [5.74, 6) is -1.88. The van der Waals surface area contributed by atoms with E-state index in [1.54, 1.807) is 68.4 Å². The van der Waals surface area contributed by atoms with Gasteiger partial charge in [-0.3, -0.25) is 19.4 Å². The van der Waals surface area contributed by atoms with E-state index >= 15 is 0 Å². The van der Waals surface area contributed by atoms with Crippen molar-refractivity contribution in [3.8, 4) is 0 Å². The van der Waals surface area contributed by atoms with Gasteiger partial charge in [0.25, 0.3) is 0 Å². The second kappa shape index (κ2) is 21.7. The molecule has 0 radical (unpaired) electrons. The molecule has 5 N–H and O–H groups in total. The molecule has 322 valence electrons. The lowest BCUT2D eigenvalue weighted by Gasteiger charge is -2.28. The molecule has 0 aliphatic carbocycles. The molecule has 0 saturated heterocycles. The fraction of sp³-hybridized carbons (Fsp3) is 0.512. The van der Waals surface area contributed by atoms with E-state index in [2.05, 4.69) is 31.6 Å². The number of hydrogen-bond donors (Lipinski definition) is 5. The van der Waals surface area contributed by atoms with Crippen LogP contribution in [0.25, 0.3) is 10.9 Å². The summed E-state index contributed by atoms with van der Waals surface area (Å²) in [6.07, 6.45) is -0.355. The van der Waals surface area contributed by atoms with Crippen LogP contribution in [0.3, 0.4) is 0 Å². The minimum absolute atomic E-state index is 0.00185. The molecule has 0 fully saturated rings. The Morgan fingerprint density at radius 3 is 1.86 bits per heavy atom. The Hall–Kier alpha value is -5.93. The number of anilines is 1. The number of nitrogens with one attached hydrogen (secondary N) is 5. The Balaban J connectivity index is 1.85. The summed E-state index contributed by atoms with van der Waals surface area (Å²) in [6.45, 7) is 15.6. The Kier molecular flexibility index (Phi) is 17.5. The number of nitrogens with zero attached hydrogens (tertiary/aromatic N) is 2. The number of carbonyl (C=O) groups is 6. The number of ether oxygens (including phenoxy) is 3. The zero-order valence-electron chi connectivity index (χ0n) is 35.7. The molecular weight excluding hydrogens is 759 g/mol. The van der Waals surface area contributed by atoms with Crippen molar-refractivity contribution >= 4 is 52.6 Å². The minimum Gasteiger partial charge on any atom is -0.444 e. The number of fused-ring (bicyclic) bond motifs is 1. The van der Waals surface area contributed by atoms with Crippen molar-refractivity contribution in [2.45, 2.75) is 117 Å². The maximum atomic E-state index is 14.2. The third kappa shape index (κ3) is 18.9. The highest BCUT2D eigenvalue weighted by Gasteiger charge is 2.32. The summed E-state index contributed by atoms with van der Waals surface area (Å²) in [5.41, 5.74) is -0.283. The second-order valence-corrected chi connectivity index (χ2v) is 17.0. The quantitative estimate of drug-likeness (QED) is 0.0812. The van der Waals surface area contributed by atoms with Gasteiger partial charge in [-0.05, 0) is 99.3 Å². The van der Waals surface area contributed by atoms with Gasteiger partial charge in [-0.1, -0.05) is 48.5 Å². The summed E-state index contributed by atoms with van der Waals surface area (Å²) < 4.78 is 16.1. The first kappa shape index (κ1) is 47.4. The van der Waals surface area contributed by atoms with Crippen molar-refractivity contribution in [1.82, 2.24) is 31.2 Å². The molecule has 3 aromatic rings. The maximum absolute atomic E-state index is 14.2. The predicted octanol–water partition coefficient (Wildman–Crippen LogP) is 5.84. The van der Waals surface area contributed by atoms with E-state index in [0.29, 0.717) is 18.5 Å². The molecule has 0 spiro atoms. The lowest BCUT2D eigenvalue weighted by molar-refractivity contribution is -0.135. The number of aryl methyl sites for hydroxylation is 1. The zero-order valence-corrected chi connectivity index (χ0v) is 35.7. The van der Waals surface area contributed by atoms with E-state index in [1.807, 2.05) is 54.6 Å². The normalized spacial score (nSPS) is 12.6. The smallest absolute Gasteiger partial charge is 0.408 e. The van der Waals surface area contributed by atoms with Crippen LogP contribution >= 0.6 is 0 Å². The maximum Gasteiger partial charge on any atom is 0.408 e. The Morgan fingerprint density at radius 2 is 1.24 bits per heavy atom. The molecule has 1 aromatic heterocycles. The van der Waals surface area contributed by atoms with E-state index in [9.17, 15) is 28.8 Å². The van der Waals surface area contributed by atoms with Crippen LogP contribution in [0.5, 0.6) is 0 Å². The number of rotatable bonds is 17. The number of amides is 6. The molecule has 2 atom stereocenters. The first-order valence-electron chi connectivity index (χ1n) is 19.8. The highest BCUT2D eigenvalue weighted by molar-refractivity contribution is 6.00. The van der Waals surface area contributed by atoms with Gasteiger partial charge < -0.3 is 45.7 Å². The van der Waals surface area contributed by atoms with Crippen molar-refractivity contribution in [1.29, 1.82) is 0 Å². The average Bonchev–Trinajstić information content (AvgIpc) is 3.12. The van der Waals surface area contributed by atoms with E-state index in [1.165, 1.54) is 11.1 Å². The van der Waals surface area contributed by atoms with Crippen LogP contribution in [0.4, 0.5) is 20.1 Å². The molecule has 59 heavy (non-hydrogen) atoms. The Labute approximate surface area is 346 Å². The van der Waals surface area contributed by atoms with Gasteiger partial charge >= 0.3 is 18.3 Å². The Bertz CT molecular complexity index is 1890. The molecular formula is C43H61N7O9. The van der Waals surface area contributed by atoms with Crippen LogP contribution in [0.1, 0.15) is 87.1 Å². The number of benzene rings is 2. The summed E-state index contributed by atoms with van der Waals surface area (Å²) in [4.78, 5) is 85.6. The number of pyridine rings is 1. The highest BCUT2D eigenvalue weighted by Crippen LogP contribution is 2.18. The van der Waals surface area contributed by atoms with Gasteiger partial charge in [-0.2, -0.15) is 0 Å². The zero-order chi connectivity index (χ0) is 43.8. The van der Waals surface area contributed by atoms with Crippen LogP contribution < -0.4 is 26.6 Å². The van der Waals surface area contributed by atoms with E-state index in [-0.39, 0.29) is 32.6 Å². The molecule has 16 nitrogen and oxygen atoms in total. The van der Waals surface area contributed by atoms with Gasteiger partial charge in [0.1, 0.15) is 28.9 Å². The van der Waals surface area contributed by atoms with Crippen LogP contribution in [-0.4, -0.2) is 101 Å². The number of hydrogen-bond acceptors (Lipinski definition) is 10. The summed E-state index contributed by atoms with van der Waals surface area (Å²) >= 11 is 0. The van der Waals surface area contributed by atoms with E-state index in [0.717, 1.165) is 16.5 Å². The average molecular weight is 820 g/mol. The summed E-state index contributed by atoms with van der Waals surface area (Å²) in [5, 5.41) is 14.2. The molecule has 0 bridgehead atoms.